The van der Waals surface area contributed by atoms with Crippen LogP contribution in [-0.2, 0) is 0 Å². The minimum absolute atomic E-state index is 0.0699. The van der Waals surface area contributed by atoms with E-state index in [9.17, 15) is 14.7 Å². The topological polar surface area (TPSA) is 92.4 Å². The van der Waals surface area contributed by atoms with Crippen molar-refractivity contribution in [3.05, 3.63) is 63.7 Å². The molecule has 0 atom stereocenters. The summed E-state index contributed by atoms with van der Waals surface area (Å²) >= 11 is 5.84. The van der Waals surface area contributed by atoms with Gasteiger partial charge in [-0.15, -0.1) is 0 Å². The van der Waals surface area contributed by atoms with Crippen LogP contribution < -0.4 is 10.9 Å². The number of hydrogen-bond acceptors (Lipinski definition) is 5. The van der Waals surface area contributed by atoms with E-state index in [1.54, 1.807) is 24.3 Å². The number of benzene rings is 1. The highest BCUT2D eigenvalue weighted by molar-refractivity contribution is 6.32. The first kappa shape index (κ1) is 14.1. The van der Waals surface area contributed by atoms with Crippen molar-refractivity contribution in [3.8, 4) is 5.75 Å². The Kier molecular flexibility index (Phi) is 3.52. The van der Waals surface area contributed by atoms with Crippen LogP contribution in [0.25, 0.3) is 11.0 Å². The standard InChI is InChI=1S/C15H9ClN2O4/c16-13-9(5-3-7-17-13)18-14(20)11-12(19)8-4-1-2-6-10(8)22-15(11)21/h1-7,19H,(H,18,20). The Balaban J connectivity index is 2.08. The molecule has 1 aromatic carbocycles. The first-order chi connectivity index (χ1) is 10.6. The highest BCUT2D eigenvalue weighted by Gasteiger charge is 2.21. The molecule has 0 aliphatic heterocycles. The lowest BCUT2D eigenvalue weighted by molar-refractivity contribution is 0.102. The maximum Gasteiger partial charge on any atom is 0.353 e. The number of para-hydroxylation sites is 1. The molecule has 7 heteroatoms. The molecule has 3 rings (SSSR count). The SMILES string of the molecule is O=C(Nc1cccnc1Cl)c1c(O)c2ccccc2oc1=O. The molecule has 0 fully saturated rings. The summed E-state index contributed by atoms with van der Waals surface area (Å²) in [7, 11) is 0. The fourth-order valence-corrected chi connectivity index (χ4v) is 2.16. The van der Waals surface area contributed by atoms with Gasteiger partial charge in [0.15, 0.2) is 10.7 Å². The molecule has 110 valence electrons. The second-order valence-electron chi connectivity index (χ2n) is 4.41. The van der Waals surface area contributed by atoms with Gasteiger partial charge in [-0.25, -0.2) is 9.78 Å². The van der Waals surface area contributed by atoms with Gasteiger partial charge in [-0.05, 0) is 24.3 Å². The minimum atomic E-state index is -0.936. The second-order valence-corrected chi connectivity index (χ2v) is 4.76. The summed E-state index contributed by atoms with van der Waals surface area (Å²) in [5.41, 5.74) is -1.01. The summed E-state index contributed by atoms with van der Waals surface area (Å²) < 4.78 is 5.04. The number of hydrogen-bond donors (Lipinski definition) is 2. The van der Waals surface area contributed by atoms with Crippen LogP contribution in [0.4, 0.5) is 5.69 Å². The summed E-state index contributed by atoms with van der Waals surface area (Å²) in [4.78, 5) is 28.0. The monoisotopic (exact) mass is 316 g/mol. The van der Waals surface area contributed by atoms with Gasteiger partial charge in [-0.2, -0.15) is 0 Å². The van der Waals surface area contributed by atoms with E-state index in [-0.39, 0.29) is 21.8 Å². The molecular weight excluding hydrogens is 308 g/mol. The van der Waals surface area contributed by atoms with Crippen molar-refractivity contribution in [2.24, 2.45) is 0 Å². The van der Waals surface area contributed by atoms with Crippen molar-refractivity contribution < 1.29 is 14.3 Å². The minimum Gasteiger partial charge on any atom is -0.506 e. The lowest BCUT2D eigenvalue weighted by atomic mass is 10.1. The molecule has 0 radical (unpaired) electrons. The van der Waals surface area contributed by atoms with Gasteiger partial charge in [0.25, 0.3) is 5.91 Å². The van der Waals surface area contributed by atoms with Gasteiger partial charge in [-0.1, -0.05) is 23.7 Å². The lowest BCUT2D eigenvalue weighted by Crippen LogP contribution is -2.21. The molecule has 3 aromatic rings. The predicted molar refractivity (Wildman–Crippen MR) is 81.3 cm³/mol. The van der Waals surface area contributed by atoms with Crippen LogP contribution in [0.5, 0.6) is 5.75 Å². The molecule has 0 aliphatic carbocycles. The maximum absolute atomic E-state index is 12.2. The number of amides is 1. The third kappa shape index (κ3) is 2.40. The van der Waals surface area contributed by atoms with E-state index in [2.05, 4.69) is 10.3 Å². The zero-order valence-corrected chi connectivity index (χ0v) is 11.8. The summed E-state index contributed by atoms with van der Waals surface area (Å²) in [6, 6.07) is 9.47. The molecule has 1 amide bonds. The van der Waals surface area contributed by atoms with E-state index < -0.39 is 22.8 Å². The molecule has 0 spiro atoms. The molecule has 6 nitrogen and oxygen atoms in total. The summed E-state index contributed by atoms with van der Waals surface area (Å²) in [5, 5.41) is 12.9. The van der Waals surface area contributed by atoms with E-state index in [1.807, 2.05) is 0 Å². The molecular formula is C15H9ClN2O4. The van der Waals surface area contributed by atoms with Gasteiger partial charge in [-0.3, -0.25) is 4.79 Å². The van der Waals surface area contributed by atoms with E-state index in [0.29, 0.717) is 0 Å². The fourth-order valence-electron chi connectivity index (χ4n) is 2.00. The summed E-state index contributed by atoms with van der Waals surface area (Å²) in [6.45, 7) is 0. The Morgan fingerprint density at radius 1 is 1.23 bits per heavy atom. The van der Waals surface area contributed by atoms with E-state index >= 15 is 0 Å². The normalized spacial score (nSPS) is 10.6. The number of nitrogens with one attached hydrogen (secondary N) is 1. The number of aromatic nitrogens is 1. The van der Waals surface area contributed by atoms with Crippen molar-refractivity contribution in [3.63, 3.8) is 0 Å². The van der Waals surface area contributed by atoms with Gasteiger partial charge >= 0.3 is 5.63 Å². The van der Waals surface area contributed by atoms with Crippen LogP contribution in [-0.4, -0.2) is 16.0 Å². The largest absolute Gasteiger partial charge is 0.506 e. The molecule has 22 heavy (non-hydrogen) atoms. The number of carbonyl (C=O) groups excluding carboxylic acids is 1. The molecule has 2 heterocycles. The predicted octanol–water partition coefficient (Wildman–Crippen LogP) is 2.80. The van der Waals surface area contributed by atoms with Crippen molar-refractivity contribution in [1.29, 1.82) is 0 Å². The smallest absolute Gasteiger partial charge is 0.353 e. The zero-order chi connectivity index (χ0) is 15.7. The highest BCUT2D eigenvalue weighted by atomic mass is 35.5. The van der Waals surface area contributed by atoms with E-state index in [1.165, 1.54) is 18.3 Å². The number of rotatable bonds is 2. The Morgan fingerprint density at radius 2 is 2.00 bits per heavy atom. The van der Waals surface area contributed by atoms with E-state index in [0.717, 1.165) is 0 Å². The average Bonchev–Trinajstić information content (AvgIpc) is 2.49. The molecule has 0 saturated heterocycles. The van der Waals surface area contributed by atoms with Gasteiger partial charge in [0.2, 0.25) is 0 Å². The lowest BCUT2D eigenvalue weighted by Gasteiger charge is -2.08. The fraction of sp³-hybridized carbons (Fsp3) is 0. The molecule has 2 aromatic heterocycles. The Bertz CT molecular complexity index is 936. The van der Waals surface area contributed by atoms with Crippen LogP contribution in [0.1, 0.15) is 10.4 Å². The van der Waals surface area contributed by atoms with Crippen molar-refractivity contribution in [2.75, 3.05) is 5.32 Å². The maximum atomic E-state index is 12.2. The van der Waals surface area contributed by atoms with Gasteiger partial charge < -0.3 is 14.8 Å². The van der Waals surface area contributed by atoms with Crippen LogP contribution in [0.15, 0.2) is 51.8 Å². The van der Waals surface area contributed by atoms with Crippen molar-refractivity contribution in [1.82, 2.24) is 4.98 Å². The third-order valence-corrected chi connectivity index (χ3v) is 3.32. The first-order valence-corrected chi connectivity index (χ1v) is 6.62. The molecule has 0 bridgehead atoms. The summed E-state index contributed by atoms with van der Waals surface area (Å²) in [6.07, 6.45) is 1.46. The Hall–Kier alpha value is -2.86. The van der Waals surface area contributed by atoms with Crippen LogP contribution in [0, 0.1) is 0 Å². The van der Waals surface area contributed by atoms with Crippen LogP contribution in [0.2, 0.25) is 5.15 Å². The highest BCUT2D eigenvalue weighted by Crippen LogP contribution is 2.27. The molecule has 0 unspecified atom stereocenters. The Morgan fingerprint density at radius 3 is 2.77 bits per heavy atom. The van der Waals surface area contributed by atoms with Gasteiger partial charge in [0.1, 0.15) is 11.3 Å². The van der Waals surface area contributed by atoms with Crippen LogP contribution >= 0.6 is 11.6 Å². The number of halogens is 1. The molecule has 0 saturated carbocycles. The van der Waals surface area contributed by atoms with E-state index in [4.69, 9.17) is 16.0 Å². The number of carbonyl (C=O) groups is 1. The third-order valence-electron chi connectivity index (χ3n) is 3.02. The van der Waals surface area contributed by atoms with Crippen LogP contribution in [0.3, 0.4) is 0 Å². The number of anilines is 1. The number of aromatic hydroxyl groups is 1. The molecule has 0 aliphatic rings. The molecule has 2 N–H and O–H groups in total. The van der Waals surface area contributed by atoms with Gasteiger partial charge in [0.05, 0.1) is 11.1 Å². The Labute approximate surface area is 129 Å². The van der Waals surface area contributed by atoms with Gasteiger partial charge in [0, 0.05) is 6.20 Å². The van der Waals surface area contributed by atoms with Crippen molar-refractivity contribution in [2.45, 2.75) is 0 Å². The second kappa shape index (κ2) is 5.50. The number of pyridine rings is 1. The quantitative estimate of drug-likeness (QED) is 0.560. The first-order valence-electron chi connectivity index (χ1n) is 6.24. The average molecular weight is 317 g/mol. The summed E-state index contributed by atoms with van der Waals surface area (Å²) in [5.74, 6) is -1.27. The number of fused-ring (bicyclic) bond motifs is 1. The zero-order valence-electron chi connectivity index (χ0n) is 11.0. The van der Waals surface area contributed by atoms with Crippen molar-refractivity contribution >= 4 is 34.2 Å². The number of nitrogens with zero attached hydrogens (tertiary/aromatic N) is 1.